The molecular formula is C12H12F3NO3. The van der Waals surface area contributed by atoms with Crippen LogP contribution < -0.4 is 0 Å². The lowest BCUT2D eigenvalue weighted by molar-refractivity contribution is -0.140. The van der Waals surface area contributed by atoms with Crippen molar-refractivity contribution in [1.29, 1.82) is 0 Å². The number of carbonyl (C=O) groups excluding carboxylic acids is 2. The summed E-state index contributed by atoms with van der Waals surface area (Å²) in [7, 11) is 2.46. The third-order valence-electron chi connectivity index (χ3n) is 2.45. The second-order valence-corrected chi connectivity index (χ2v) is 3.80. The van der Waals surface area contributed by atoms with E-state index in [0.717, 1.165) is 4.90 Å². The van der Waals surface area contributed by atoms with Gasteiger partial charge in [0.25, 0.3) is 5.91 Å². The molecule has 0 aliphatic rings. The fourth-order valence-corrected chi connectivity index (χ4v) is 1.40. The van der Waals surface area contributed by atoms with Crippen LogP contribution in [0.1, 0.15) is 16.8 Å². The predicted molar refractivity (Wildman–Crippen MR) is 59.9 cm³/mol. The molecule has 0 aliphatic carbocycles. The molecule has 0 fully saturated rings. The topological polar surface area (TPSA) is 46.6 Å². The maximum absolute atomic E-state index is 13.4. The molecule has 0 bridgehead atoms. The number of hydrogen-bond donors (Lipinski definition) is 0. The van der Waals surface area contributed by atoms with Crippen LogP contribution in [0, 0.1) is 17.5 Å². The number of rotatable bonds is 4. The monoisotopic (exact) mass is 275 g/mol. The minimum atomic E-state index is -1.28. The van der Waals surface area contributed by atoms with Crippen LogP contribution >= 0.6 is 0 Å². The Hall–Kier alpha value is -2.05. The molecule has 19 heavy (non-hydrogen) atoms. The first kappa shape index (κ1) is 15.0. The quantitative estimate of drug-likeness (QED) is 0.786. The molecule has 104 valence electrons. The molecule has 0 aliphatic heterocycles. The van der Waals surface area contributed by atoms with E-state index >= 15 is 0 Å². The molecule has 0 unspecified atom stereocenters. The Balaban J connectivity index is 2.86. The van der Waals surface area contributed by atoms with E-state index in [1.165, 1.54) is 14.2 Å². The van der Waals surface area contributed by atoms with Crippen LogP contribution in [-0.4, -0.2) is 37.5 Å². The normalized spacial score (nSPS) is 10.2. The van der Waals surface area contributed by atoms with E-state index in [1.54, 1.807) is 0 Å². The van der Waals surface area contributed by atoms with E-state index in [-0.39, 0.29) is 13.0 Å². The first-order valence-corrected chi connectivity index (χ1v) is 5.33. The van der Waals surface area contributed by atoms with E-state index < -0.39 is 34.9 Å². The maximum Gasteiger partial charge on any atom is 0.307 e. The van der Waals surface area contributed by atoms with Crippen LogP contribution in [0.2, 0.25) is 0 Å². The number of benzene rings is 1. The number of halogens is 3. The average molecular weight is 275 g/mol. The maximum atomic E-state index is 13.4. The third-order valence-corrected chi connectivity index (χ3v) is 2.45. The summed E-state index contributed by atoms with van der Waals surface area (Å²) in [6.45, 7) is -0.0677. The lowest BCUT2D eigenvalue weighted by Gasteiger charge is -2.17. The number of hydrogen-bond acceptors (Lipinski definition) is 3. The Morgan fingerprint density at radius 1 is 1.21 bits per heavy atom. The number of methoxy groups -OCH3 is 1. The van der Waals surface area contributed by atoms with Gasteiger partial charge in [0.05, 0.1) is 13.5 Å². The zero-order chi connectivity index (χ0) is 14.6. The van der Waals surface area contributed by atoms with Crippen molar-refractivity contribution in [3.8, 4) is 0 Å². The van der Waals surface area contributed by atoms with Gasteiger partial charge in [-0.15, -0.1) is 0 Å². The molecule has 0 saturated heterocycles. The van der Waals surface area contributed by atoms with Crippen molar-refractivity contribution in [3.63, 3.8) is 0 Å². The summed E-state index contributed by atoms with van der Waals surface area (Å²) in [5.41, 5.74) is -0.853. The Morgan fingerprint density at radius 2 is 1.74 bits per heavy atom. The molecule has 0 heterocycles. The van der Waals surface area contributed by atoms with Crippen molar-refractivity contribution in [3.05, 3.63) is 35.1 Å². The van der Waals surface area contributed by atoms with Crippen LogP contribution in [-0.2, 0) is 9.53 Å². The summed E-state index contributed by atoms with van der Waals surface area (Å²) in [6.07, 6.45) is -0.108. The summed E-state index contributed by atoms with van der Waals surface area (Å²) >= 11 is 0. The average Bonchev–Trinajstić information content (AvgIpc) is 2.33. The number of carbonyl (C=O) groups is 2. The highest BCUT2D eigenvalue weighted by molar-refractivity contribution is 5.94. The molecule has 0 radical (unpaired) electrons. The van der Waals surface area contributed by atoms with Gasteiger partial charge in [-0.25, -0.2) is 13.2 Å². The molecule has 4 nitrogen and oxygen atoms in total. The SMILES string of the molecule is COC(=O)CCN(C)C(=O)c1c(F)cc(F)cc1F. The molecular weight excluding hydrogens is 263 g/mol. The van der Waals surface area contributed by atoms with Crippen LogP contribution in [0.4, 0.5) is 13.2 Å². The highest BCUT2D eigenvalue weighted by Crippen LogP contribution is 2.16. The zero-order valence-electron chi connectivity index (χ0n) is 10.4. The van der Waals surface area contributed by atoms with E-state index in [0.29, 0.717) is 12.1 Å². The largest absolute Gasteiger partial charge is 0.469 e. The van der Waals surface area contributed by atoms with Crippen LogP contribution in [0.25, 0.3) is 0 Å². The first-order chi connectivity index (χ1) is 8.86. The Bertz CT molecular complexity index is 482. The van der Waals surface area contributed by atoms with Crippen molar-refractivity contribution in [2.24, 2.45) is 0 Å². The van der Waals surface area contributed by atoms with Crippen LogP contribution in [0.3, 0.4) is 0 Å². The van der Waals surface area contributed by atoms with Gasteiger partial charge in [0.2, 0.25) is 0 Å². The van der Waals surface area contributed by atoms with Crippen molar-refractivity contribution >= 4 is 11.9 Å². The Morgan fingerprint density at radius 3 is 2.21 bits per heavy atom. The smallest absolute Gasteiger partial charge is 0.307 e. The molecule has 0 N–H and O–H groups in total. The molecule has 1 aromatic carbocycles. The summed E-state index contributed by atoms with van der Waals surface area (Å²) < 4.78 is 43.8. The second kappa shape index (κ2) is 6.21. The van der Waals surface area contributed by atoms with Gasteiger partial charge < -0.3 is 9.64 Å². The van der Waals surface area contributed by atoms with Crippen molar-refractivity contribution in [2.75, 3.05) is 20.7 Å². The molecule has 0 atom stereocenters. The molecule has 0 saturated carbocycles. The number of nitrogens with zero attached hydrogens (tertiary/aromatic N) is 1. The van der Waals surface area contributed by atoms with E-state index in [9.17, 15) is 22.8 Å². The van der Waals surface area contributed by atoms with Gasteiger partial charge in [0.15, 0.2) is 0 Å². The standard InChI is InChI=1S/C12H12F3NO3/c1-16(4-3-10(17)19-2)12(18)11-8(14)5-7(13)6-9(11)15/h5-6H,3-4H2,1-2H3. The molecule has 0 spiro atoms. The summed E-state index contributed by atoms with van der Waals surface area (Å²) in [6, 6.07) is 0.842. The van der Waals surface area contributed by atoms with Crippen molar-refractivity contribution < 1.29 is 27.5 Å². The number of amides is 1. The highest BCUT2D eigenvalue weighted by Gasteiger charge is 2.22. The third kappa shape index (κ3) is 3.70. The fourth-order valence-electron chi connectivity index (χ4n) is 1.40. The van der Waals surface area contributed by atoms with Gasteiger partial charge in [-0.05, 0) is 0 Å². The van der Waals surface area contributed by atoms with Gasteiger partial charge >= 0.3 is 5.97 Å². The summed E-state index contributed by atoms with van der Waals surface area (Å²) in [5.74, 6) is -5.21. The van der Waals surface area contributed by atoms with Gasteiger partial charge in [0.1, 0.15) is 23.0 Å². The van der Waals surface area contributed by atoms with E-state index in [2.05, 4.69) is 4.74 Å². The molecule has 0 aromatic heterocycles. The lowest BCUT2D eigenvalue weighted by atomic mass is 10.1. The van der Waals surface area contributed by atoms with Gasteiger partial charge in [0, 0.05) is 25.7 Å². The van der Waals surface area contributed by atoms with Crippen LogP contribution in [0.15, 0.2) is 12.1 Å². The summed E-state index contributed by atoms with van der Waals surface area (Å²) in [5, 5.41) is 0. The lowest BCUT2D eigenvalue weighted by Crippen LogP contribution is -2.30. The predicted octanol–water partition coefficient (Wildman–Crippen LogP) is 1.74. The molecule has 1 amide bonds. The van der Waals surface area contributed by atoms with E-state index in [1.807, 2.05) is 0 Å². The minimum absolute atomic E-state index is 0.0677. The number of ether oxygens (including phenoxy) is 1. The van der Waals surface area contributed by atoms with Crippen molar-refractivity contribution in [1.82, 2.24) is 4.90 Å². The molecule has 1 aromatic rings. The number of esters is 1. The van der Waals surface area contributed by atoms with Crippen LogP contribution in [0.5, 0.6) is 0 Å². The van der Waals surface area contributed by atoms with Gasteiger partial charge in [-0.3, -0.25) is 9.59 Å². The molecule has 1 rings (SSSR count). The first-order valence-electron chi connectivity index (χ1n) is 5.33. The summed E-state index contributed by atoms with van der Waals surface area (Å²) in [4.78, 5) is 23.6. The van der Waals surface area contributed by atoms with Crippen molar-refractivity contribution in [2.45, 2.75) is 6.42 Å². The van der Waals surface area contributed by atoms with Gasteiger partial charge in [-0.2, -0.15) is 0 Å². The zero-order valence-corrected chi connectivity index (χ0v) is 10.4. The second-order valence-electron chi connectivity index (χ2n) is 3.80. The fraction of sp³-hybridized carbons (Fsp3) is 0.333. The highest BCUT2D eigenvalue weighted by atomic mass is 19.1. The van der Waals surface area contributed by atoms with Gasteiger partial charge in [-0.1, -0.05) is 0 Å². The Kier molecular flexibility index (Phi) is 4.91. The van der Waals surface area contributed by atoms with E-state index in [4.69, 9.17) is 0 Å². The Labute approximate surface area is 107 Å². The minimum Gasteiger partial charge on any atom is -0.469 e. The molecule has 7 heteroatoms.